The molecule has 11 nitrogen and oxygen atoms in total. The molecule has 1 atom stereocenters. The van der Waals surface area contributed by atoms with Gasteiger partial charge in [0.15, 0.2) is 11.6 Å². The first-order chi connectivity index (χ1) is 18.5. The van der Waals surface area contributed by atoms with Crippen LogP contribution >= 0.6 is 0 Å². The zero-order valence-electron chi connectivity index (χ0n) is 22.4. The molecule has 1 aliphatic heterocycles. The van der Waals surface area contributed by atoms with Crippen molar-refractivity contribution in [2.45, 2.75) is 58.6 Å². The highest BCUT2D eigenvalue weighted by molar-refractivity contribution is 6.04. The monoisotopic (exact) mass is 529 g/mol. The first kappa shape index (κ1) is 27.3. The van der Waals surface area contributed by atoms with E-state index in [2.05, 4.69) is 10.3 Å². The van der Waals surface area contributed by atoms with Crippen molar-refractivity contribution < 1.29 is 19.1 Å². The number of Topliss-reactive ketones (excluding diaryl/α,β-unsaturated/α-hetero) is 1. The quantitative estimate of drug-likeness (QED) is 0.363. The highest BCUT2D eigenvalue weighted by atomic mass is 16.6. The summed E-state index contributed by atoms with van der Waals surface area (Å²) in [6.45, 7) is 7.33. The molecule has 1 fully saturated rings. The van der Waals surface area contributed by atoms with Gasteiger partial charge in [0.1, 0.15) is 22.8 Å². The lowest BCUT2D eigenvalue weighted by Crippen LogP contribution is -2.43. The van der Waals surface area contributed by atoms with Gasteiger partial charge in [-0.2, -0.15) is 5.26 Å². The molecule has 0 aliphatic carbocycles. The number of ketones is 1. The number of hydrogen-bond acceptors (Lipinski definition) is 8. The molecule has 3 heterocycles. The maximum absolute atomic E-state index is 13.0. The molecule has 11 heteroatoms. The second-order valence-corrected chi connectivity index (χ2v) is 10.4. The Morgan fingerprint density at radius 2 is 1.87 bits per heavy atom. The SMILES string of the molecule is CC(=O)c1c(-c2ccc(C(=O)Nc3cc(C#N)ccn3)cc2)nc([C@@H]2CCCCN2C(=O)OC(C)(C)C)n1N. The van der Waals surface area contributed by atoms with E-state index in [1.165, 1.54) is 23.9 Å². The number of nitriles is 1. The van der Waals surface area contributed by atoms with Crippen LogP contribution in [0.2, 0.25) is 0 Å². The number of benzene rings is 1. The molecule has 1 aliphatic rings. The van der Waals surface area contributed by atoms with Gasteiger partial charge in [0.05, 0.1) is 17.7 Å². The van der Waals surface area contributed by atoms with Crippen LogP contribution in [0, 0.1) is 11.3 Å². The molecule has 4 rings (SSSR count). The van der Waals surface area contributed by atoms with Crippen LogP contribution in [0.5, 0.6) is 0 Å². The van der Waals surface area contributed by atoms with Crippen molar-refractivity contribution in [2.75, 3.05) is 17.7 Å². The molecular weight excluding hydrogens is 498 g/mol. The molecule has 2 aromatic heterocycles. The first-order valence-corrected chi connectivity index (χ1v) is 12.6. The minimum atomic E-state index is -0.657. The number of rotatable bonds is 5. The Balaban J connectivity index is 1.63. The predicted molar refractivity (Wildman–Crippen MR) is 144 cm³/mol. The lowest BCUT2D eigenvalue weighted by Gasteiger charge is -2.36. The van der Waals surface area contributed by atoms with Crippen molar-refractivity contribution in [2.24, 2.45) is 0 Å². The van der Waals surface area contributed by atoms with Crippen LogP contribution in [0.15, 0.2) is 42.6 Å². The summed E-state index contributed by atoms with van der Waals surface area (Å²) in [7, 11) is 0. The third-order valence-electron chi connectivity index (χ3n) is 6.25. The number of imidazole rings is 1. The molecule has 0 spiro atoms. The van der Waals surface area contributed by atoms with Crippen LogP contribution in [0.25, 0.3) is 11.3 Å². The van der Waals surface area contributed by atoms with E-state index in [1.807, 2.05) is 26.8 Å². The second-order valence-electron chi connectivity index (χ2n) is 10.4. The summed E-state index contributed by atoms with van der Waals surface area (Å²) < 4.78 is 6.88. The van der Waals surface area contributed by atoms with E-state index in [0.29, 0.717) is 41.2 Å². The third kappa shape index (κ3) is 6.06. The standard InChI is InChI=1S/C28H31N7O4/c1-17(36)24-23(19-8-10-20(11-9-19)26(37)32-22-15-18(16-29)12-13-31-22)33-25(35(24)30)21-7-5-6-14-34(21)27(38)39-28(2,3)4/h8-13,15,21H,5-7,14,30H2,1-4H3,(H,31,32,37)/t21-/m0/s1. The highest BCUT2D eigenvalue weighted by Gasteiger charge is 2.36. The van der Waals surface area contributed by atoms with Gasteiger partial charge in [0, 0.05) is 30.8 Å². The average molecular weight is 530 g/mol. The molecule has 0 radical (unpaired) electrons. The van der Waals surface area contributed by atoms with E-state index in [-0.39, 0.29) is 17.3 Å². The summed E-state index contributed by atoms with van der Waals surface area (Å²) in [6.07, 6.45) is 3.32. The van der Waals surface area contributed by atoms with Gasteiger partial charge >= 0.3 is 6.09 Å². The van der Waals surface area contributed by atoms with E-state index in [1.54, 1.807) is 35.2 Å². The van der Waals surface area contributed by atoms with Gasteiger partial charge in [-0.1, -0.05) is 12.1 Å². The van der Waals surface area contributed by atoms with Gasteiger partial charge in [-0.25, -0.2) is 19.4 Å². The van der Waals surface area contributed by atoms with Crippen molar-refractivity contribution in [1.29, 1.82) is 5.26 Å². The molecule has 1 saturated heterocycles. The van der Waals surface area contributed by atoms with Gasteiger partial charge < -0.3 is 15.9 Å². The zero-order valence-corrected chi connectivity index (χ0v) is 22.4. The Morgan fingerprint density at radius 1 is 1.15 bits per heavy atom. The minimum absolute atomic E-state index is 0.203. The van der Waals surface area contributed by atoms with Crippen LogP contribution in [0.3, 0.4) is 0 Å². The fraction of sp³-hybridized carbons (Fsp3) is 0.357. The average Bonchev–Trinajstić information content (AvgIpc) is 3.25. The number of piperidine rings is 1. The Bertz CT molecular complexity index is 1450. The molecule has 3 N–H and O–H groups in total. The van der Waals surface area contributed by atoms with E-state index in [9.17, 15) is 14.4 Å². The molecule has 202 valence electrons. The molecule has 3 aromatic rings. The number of nitrogen functional groups attached to an aromatic ring is 1. The number of carbonyl (C=O) groups is 3. The maximum Gasteiger partial charge on any atom is 0.410 e. The van der Waals surface area contributed by atoms with Crippen LogP contribution in [0.4, 0.5) is 10.6 Å². The molecule has 0 saturated carbocycles. The lowest BCUT2D eigenvalue weighted by molar-refractivity contribution is 0.00821. The second kappa shape index (κ2) is 10.9. The van der Waals surface area contributed by atoms with Gasteiger partial charge in [-0.15, -0.1) is 0 Å². The number of ether oxygens (including phenoxy) is 1. The summed E-state index contributed by atoms with van der Waals surface area (Å²) in [5.74, 6) is 6.38. The lowest BCUT2D eigenvalue weighted by atomic mass is 10.0. The normalized spacial score (nSPS) is 15.4. The first-order valence-electron chi connectivity index (χ1n) is 12.6. The van der Waals surface area contributed by atoms with Crippen LogP contribution in [0.1, 0.15) is 85.2 Å². The van der Waals surface area contributed by atoms with Gasteiger partial charge in [-0.3, -0.25) is 14.5 Å². The summed E-state index contributed by atoms with van der Waals surface area (Å²) in [5.41, 5.74) is 1.23. The number of anilines is 1. The number of nitrogens with one attached hydrogen (secondary N) is 1. The van der Waals surface area contributed by atoms with Crippen LogP contribution in [-0.2, 0) is 4.74 Å². The molecule has 2 amide bonds. The van der Waals surface area contributed by atoms with Crippen LogP contribution in [-0.4, -0.2) is 49.5 Å². The van der Waals surface area contributed by atoms with Crippen molar-refractivity contribution in [3.8, 4) is 17.3 Å². The van der Waals surface area contributed by atoms with Crippen molar-refractivity contribution in [1.82, 2.24) is 19.5 Å². The zero-order chi connectivity index (χ0) is 28.3. The van der Waals surface area contributed by atoms with E-state index < -0.39 is 23.6 Å². The van der Waals surface area contributed by atoms with Gasteiger partial charge in [0.25, 0.3) is 5.91 Å². The number of amides is 2. The molecular formula is C28H31N7O4. The molecule has 0 bridgehead atoms. The summed E-state index contributed by atoms with van der Waals surface area (Å²) >= 11 is 0. The Hall–Kier alpha value is -4.72. The largest absolute Gasteiger partial charge is 0.444 e. The van der Waals surface area contributed by atoms with Gasteiger partial charge in [0.2, 0.25) is 0 Å². The van der Waals surface area contributed by atoms with E-state index in [4.69, 9.17) is 20.8 Å². The Kier molecular flexibility index (Phi) is 7.67. The number of nitrogens with two attached hydrogens (primary N) is 1. The maximum atomic E-state index is 13.0. The number of pyridine rings is 1. The number of likely N-dealkylation sites (tertiary alicyclic amines) is 1. The Morgan fingerprint density at radius 3 is 2.51 bits per heavy atom. The number of aromatic nitrogens is 3. The molecule has 0 unspecified atom stereocenters. The topological polar surface area (TPSA) is 156 Å². The van der Waals surface area contributed by atoms with Crippen molar-refractivity contribution in [3.05, 3.63) is 65.2 Å². The molecule has 39 heavy (non-hydrogen) atoms. The van der Waals surface area contributed by atoms with Crippen molar-refractivity contribution in [3.63, 3.8) is 0 Å². The Labute approximate surface area is 226 Å². The smallest absolute Gasteiger partial charge is 0.410 e. The molecule has 1 aromatic carbocycles. The highest BCUT2D eigenvalue weighted by Crippen LogP contribution is 2.34. The number of hydrogen-bond donors (Lipinski definition) is 2. The summed E-state index contributed by atoms with van der Waals surface area (Å²) in [6, 6.07) is 11.1. The fourth-order valence-corrected chi connectivity index (χ4v) is 4.50. The minimum Gasteiger partial charge on any atom is -0.444 e. The predicted octanol–water partition coefficient (Wildman–Crippen LogP) is 4.45. The van der Waals surface area contributed by atoms with Crippen molar-refractivity contribution >= 4 is 23.6 Å². The fourth-order valence-electron chi connectivity index (χ4n) is 4.50. The van der Waals surface area contributed by atoms with Crippen LogP contribution < -0.4 is 11.2 Å². The third-order valence-corrected chi connectivity index (χ3v) is 6.25. The number of carbonyl (C=O) groups excluding carboxylic acids is 3. The summed E-state index contributed by atoms with van der Waals surface area (Å²) in [5, 5.41) is 11.7. The van der Waals surface area contributed by atoms with E-state index >= 15 is 0 Å². The van der Waals surface area contributed by atoms with Gasteiger partial charge in [-0.05, 0) is 64.3 Å². The summed E-state index contributed by atoms with van der Waals surface area (Å²) in [4.78, 5) is 48.8. The van der Waals surface area contributed by atoms with E-state index in [0.717, 1.165) is 12.8 Å². The number of nitrogens with zero attached hydrogens (tertiary/aromatic N) is 5.